The van der Waals surface area contributed by atoms with Crippen molar-refractivity contribution in [1.82, 2.24) is 10.6 Å². The van der Waals surface area contributed by atoms with Gasteiger partial charge in [-0.15, -0.1) is 0 Å². The fourth-order valence-corrected chi connectivity index (χ4v) is 0.709. The second-order valence-corrected chi connectivity index (χ2v) is 3.21. The van der Waals surface area contributed by atoms with Crippen molar-refractivity contribution in [3.05, 3.63) is 0 Å². The van der Waals surface area contributed by atoms with E-state index in [1.54, 1.807) is 0 Å². The maximum Gasteiger partial charge on any atom is 0.247 e. The predicted molar refractivity (Wildman–Crippen MR) is 64.3 cm³/mol. The molecular formula is C9H22N4O5. The Hall–Kier alpha value is -1.26. The Morgan fingerprint density at radius 1 is 1.06 bits per heavy atom. The third-order valence-electron chi connectivity index (χ3n) is 1.54. The summed E-state index contributed by atoms with van der Waals surface area (Å²) in [6, 6.07) is 0. The normalized spacial score (nSPS) is 11.3. The van der Waals surface area contributed by atoms with Crippen molar-refractivity contribution in [2.45, 2.75) is 6.10 Å². The molecule has 0 saturated heterocycles. The first-order valence-corrected chi connectivity index (χ1v) is 5.34. The molecule has 2 amide bonds. The molecule has 0 aliphatic heterocycles. The number of aliphatic hydroxyl groups is 3. The lowest BCUT2D eigenvalue weighted by Gasteiger charge is -2.05. The molecule has 0 heterocycles. The summed E-state index contributed by atoms with van der Waals surface area (Å²) < 4.78 is 0. The van der Waals surface area contributed by atoms with Crippen LogP contribution in [0.25, 0.3) is 0 Å². The highest BCUT2D eigenvalue weighted by molar-refractivity contribution is 5.78. The molecule has 108 valence electrons. The number of nitrogens with two attached hydrogens (primary N) is 2. The molecule has 0 aliphatic rings. The van der Waals surface area contributed by atoms with Crippen molar-refractivity contribution >= 4 is 11.8 Å². The Balaban J connectivity index is 0. The van der Waals surface area contributed by atoms with Gasteiger partial charge in [-0.2, -0.15) is 0 Å². The van der Waals surface area contributed by atoms with E-state index in [0.717, 1.165) is 0 Å². The highest BCUT2D eigenvalue weighted by Gasteiger charge is 2.08. The van der Waals surface area contributed by atoms with Crippen LogP contribution < -0.4 is 22.1 Å². The molecule has 18 heavy (non-hydrogen) atoms. The summed E-state index contributed by atoms with van der Waals surface area (Å²) >= 11 is 0. The molecule has 9 heteroatoms. The van der Waals surface area contributed by atoms with Gasteiger partial charge < -0.3 is 37.4 Å². The van der Waals surface area contributed by atoms with Crippen LogP contribution in [0.3, 0.4) is 0 Å². The van der Waals surface area contributed by atoms with Gasteiger partial charge in [0.05, 0.1) is 19.8 Å². The molecule has 1 atom stereocenters. The summed E-state index contributed by atoms with van der Waals surface area (Å²) in [6.45, 7) is 1.02. The second kappa shape index (κ2) is 13.8. The number of rotatable bonds is 9. The van der Waals surface area contributed by atoms with E-state index in [1.165, 1.54) is 0 Å². The summed E-state index contributed by atoms with van der Waals surface area (Å²) in [5.41, 5.74) is 9.48. The van der Waals surface area contributed by atoms with Gasteiger partial charge in [-0.05, 0) is 0 Å². The molecule has 0 aromatic carbocycles. The Morgan fingerprint density at radius 3 is 1.94 bits per heavy atom. The van der Waals surface area contributed by atoms with Crippen LogP contribution in [0, 0.1) is 0 Å². The minimum Gasteiger partial charge on any atom is -0.395 e. The molecule has 0 radical (unpaired) electrons. The Labute approximate surface area is 105 Å². The summed E-state index contributed by atoms with van der Waals surface area (Å²) in [5, 5.41) is 30.4. The molecule has 0 fully saturated rings. The van der Waals surface area contributed by atoms with Crippen molar-refractivity contribution in [3.8, 4) is 0 Å². The molecule has 0 rings (SSSR count). The lowest BCUT2D eigenvalue weighted by atomic mass is 10.3. The number of hydrogen-bond donors (Lipinski definition) is 7. The van der Waals surface area contributed by atoms with Gasteiger partial charge in [0.1, 0.15) is 6.10 Å². The van der Waals surface area contributed by atoms with Crippen LogP contribution in [0.4, 0.5) is 0 Å². The zero-order valence-corrected chi connectivity index (χ0v) is 10.1. The summed E-state index contributed by atoms with van der Waals surface area (Å²) in [5.74, 6) is -1.16. The fraction of sp³-hybridized carbons (Fsp3) is 0.778. The number of primary amides is 2. The van der Waals surface area contributed by atoms with Gasteiger partial charge in [-0.25, -0.2) is 0 Å². The number of hydrogen-bond acceptors (Lipinski definition) is 7. The number of amides is 2. The SMILES string of the molecule is NC(=O)C(O)CNCCO.NC(=O)CNCCO. The Bertz CT molecular complexity index is 227. The highest BCUT2D eigenvalue weighted by Crippen LogP contribution is 1.75. The van der Waals surface area contributed by atoms with E-state index in [4.69, 9.17) is 26.8 Å². The average molecular weight is 266 g/mol. The third-order valence-corrected chi connectivity index (χ3v) is 1.54. The number of nitrogens with one attached hydrogen (secondary N) is 2. The molecule has 0 aromatic rings. The molecule has 0 aromatic heterocycles. The summed E-state index contributed by atoms with van der Waals surface area (Å²) in [7, 11) is 0. The van der Waals surface area contributed by atoms with Gasteiger partial charge in [0.15, 0.2) is 0 Å². The minimum atomic E-state index is -1.16. The molecule has 0 aliphatic carbocycles. The van der Waals surface area contributed by atoms with Crippen LogP contribution in [-0.2, 0) is 9.59 Å². The Kier molecular flexibility index (Phi) is 14.6. The van der Waals surface area contributed by atoms with E-state index >= 15 is 0 Å². The van der Waals surface area contributed by atoms with Crippen molar-refractivity contribution in [3.63, 3.8) is 0 Å². The van der Waals surface area contributed by atoms with E-state index in [0.29, 0.717) is 13.1 Å². The lowest BCUT2D eigenvalue weighted by molar-refractivity contribution is -0.125. The quantitative estimate of drug-likeness (QED) is 0.206. The maximum absolute atomic E-state index is 10.2. The molecule has 9 N–H and O–H groups in total. The van der Waals surface area contributed by atoms with Crippen LogP contribution in [-0.4, -0.2) is 72.6 Å². The van der Waals surface area contributed by atoms with Gasteiger partial charge in [-0.1, -0.05) is 0 Å². The van der Waals surface area contributed by atoms with Gasteiger partial charge in [0.2, 0.25) is 11.8 Å². The van der Waals surface area contributed by atoms with Crippen LogP contribution in [0.15, 0.2) is 0 Å². The molecule has 0 spiro atoms. The van der Waals surface area contributed by atoms with E-state index in [9.17, 15) is 9.59 Å². The van der Waals surface area contributed by atoms with Crippen LogP contribution in [0.1, 0.15) is 0 Å². The smallest absolute Gasteiger partial charge is 0.247 e. The third kappa shape index (κ3) is 17.1. The lowest BCUT2D eigenvalue weighted by Crippen LogP contribution is -2.38. The molecule has 0 saturated carbocycles. The predicted octanol–water partition coefficient (Wildman–Crippen LogP) is -4.53. The average Bonchev–Trinajstić information content (AvgIpc) is 2.30. The molecule has 1 unspecified atom stereocenters. The summed E-state index contributed by atoms with van der Waals surface area (Å²) in [6.07, 6.45) is -1.16. The van der Waals surface area contributed by atoms with Crippen LogP contribution in [0.2, 0.25) is 0 Å². The van der Waals surface area contributed by atoms with Crippen LogP contribution in [0.5, 0.6) is 0 Å². The topological polar surface area (TPSA) is 171 Å². The summed E-state index contributed by atoms with van der Waals surface area (Å²) in [4.78, 5) is 20.1. The number of carbonyl (C=O) groups is 2. The Morgan fingerprint density at radius 2 is 1.56 bits per heavy atom. The van der Waals surface area contributed by atoms with Crippen molar-refractivity contribution in [1.29, 1.82) is 0 Å². The van der Waals surface area contributed by atoms with Gasteiger partial charge in [0.25, 0.3) is 0 Å². The van der Waals surface area contributed by atoms with E-state index in [1.807, 2.05) is 0 Å². The molecule has 0 bridgehead atoms. The first kappa shape index (κ1) is 19.1. The second-order valence-electron chi connectivity index (χ2n) is 3.21. The monoisotopic (exact) mass is 266 g/mol. The first-order valence-electron chi connectivity index (χ1n) is 5.34. The zero-order chi connectivity index (χ0) is 14.4. The van der Waals surface area contributed by atoms with Crippen molar-refractivity contribution < 1.29 is 24.9 Å². The molecular weight excluding hydrogens is 244 g/mol. The largest absolute Gasteiger partial charge is 0.395 e. The van der Waals surface area contributed by atoms with E-state index in [-0.39, 0.29) is 26.3 Å². The van der Waals surface area contributed by atoms with Gasteiger partial charge in [0, 0.05) is 19.6 Å². The van der Waals surface area contributed by atoms with Crippen LogP contribution >= 0.6 is 0 Å². The highest BCUT2D eigenvalue weighted by atomic mass is 16.3. The maximum atomic E-state index is 10.2. The number of aliphatic hydroxyl groups excluding tert-OH is 3. The van der Waals surface area contributed by atoms with Crippen molar-refractivity contribution in [2.24, 2.45) is 11.5 Å². The van der Waals surface area contributed by atoms with Gasteiger partial charge in [-0.3, -0.25) is 9.59 Å². The standard InChI is InChI=1S/C5H12N2O3.C4H10N2O2/c6-5(10)4(9)3-7-1-2-8;5-4(8)3-6-1-2-7/h4,7-9H,1-3H2,(H2,6,10);6-7H,1-3H2,(H2,5,8). The zero-order valence-electron chi connectivity index (χ0n) is 10.1. The minimum absolute atomic E-state index is 0.0223. The first-order chi connectivity index (χ1) is 8.45. The number of carbonyl (C=O) groups excluding carboxylic acids is 2. The fourth-order valence-electron chi connectivity index (χ4n) is 0.709. The molecule has 9 nitrogen and oxygen atoms in total. The van der Waals surface area contributed by atoms with Crippen molar-refractivity contribution in [2.75, 3.05) is 39.4 Å². The van der Waals surface area contributed by atoms with Gasteiger partial charge >= 0.3 is 0 Å². The van der Waals surface area contributed by atoms with E-state index < -0.39 is 17.9 Å². The van der Waals surface area contributed by atoms with E-state index in [2.05, 4.69) is 10.6 Å².